The van der Waals surface area contributed by atoms with E-state index in [9.17, 15) is 21.6 Å². The molecule has 228 valence electrons. The van der Waals surface area contributed by atoms with Gasteiger partial charge in [-0.2, -0.15) is 5.10 Å². The second kappa shape index (κ2) is 11.7. The van der Waals surface area contributed by atoms with Crippen molar-refractivity contribution in [3.05, 3.63) is 82.5 Å². The van der Waals surface area contributed by atoms with E-state index < -0.39 is 25.9 Å². The van der Waals surface area contributed by atoms with E-state index in [2.05, 4.69) is 20.5 Å². The van der Waals surface area contributed by atoms with E-state index in [0.29, 0.717) is 40.2 Å². The molecule has 10 nitrogen and oxygen atoms in total. The first-order valence-electron chi connectivity index (χ1n) is 14.2. The van der Waals surface area contributed by atoms with Crippen molar-refractivity contribution in [1.82, 2.24) is 19.8 Å². The number of hydrogen-bond acceptors (Lipinski definition) is 7. The zero-order valence-corrected chi connectivity index (χ0v) is 26.6. The zero-order chi connectivity index (χ0) is 31.1. The van der Waals surface area contributed by atoms with Crippen LogP contribution in [0.5, 0.6) is 0 Å². The van der Waals surface area contributed by atoms with Crippen molar-refractivity contribution in [1.29, 1.82) is 0 Å². The Morgan fingerprint density at radius 3 is 2.42 bits per heavy atom. The lowest BCUT2D eigenvalue weighted by Gasteiger charge is -2.19. The number of rotatable bonds is 9. The highest BCUT2D eigenvalue weighted by atomic mass is 32.2. The van der Waals surface area contributed by atoms with Gasteiger partial charge in [0.1, 0.15) is 0 Å². The Balaban J connectivity index is 1.33. The van der Waals surface area contributed by atoms with Crippen LogP contribution in [-0.2, 0) is 19.9 Å². The molecule has 1 unspecified atom stereocenters. The molecule has 43 heavy (non-hydrogen) atoms. The number of sulfonamides is 1. The minimum Gasteiger partial charge on any atom is -0.383 e. The molecule has 3 aromatic carbocycles. The molecule has 1 saturated heterocycles. The van der Waals surface area contributed by atoms with Crippen molar-refractivity contribution in [3.63, 3.8) is 0 Å². The maximum Gasteiger partial charge on any atom is 0.251 e. The van der Waals surface area contributed by atoms with Crippen LogP contribution >= 0.6 is 0 Å². The van der Waals surface area contributed by atoms with E-state index in [1.54, 1.807) is 29.1 Å². The number of aryl methyl sites for hydroxylation is 4. The molecule has 5 rings (SSSR count). The van der Waals surface area contributed by atoms with Gasteiger partial charge in [0.2, 0.25) is 10.0 Å². The number of carbonyl (C=O) groups excluding carboxylic acids is 1. The van der Waals surface area contributed by atoms with Crippen molar-refractivity contribution in [2.45, 2.75) is 58.0 Å². The largest absolute Gasteiger partial charge is 0.383 e. The zero-order valence-electron chi connectivity index (χ0n) is 24.9. The van der Waals surface area contributed by atoms with Crippen LogP contribution in [0.25, 0.3) is 16.6 Å². The van der Waals surface area contributed by atoms with Crippen LogP contribution in [0.15, 0.2) is 59.6 Å². The minimum absolute atomic E-state index is 0.0391. The molecule has 4 aromatic rings. The van der Waals surface area contributed by atoms with Crippen molar-refractivity contribution in [2.24, 2.45) is 0 Å². The Morgan fingerprint density at radius 1 is 1.05 bits per heavy atom. The van der Waals surface area contributed by atoms with E-state index >= 15 is 0 Å². The number of fused-ring (bicyclic) bond motifs is 1. The number of nitrogens with zero attached hydrogens (tertiary/aromatic N) is 2. The Kier molecular flexibility index (Phi) is 8.39. The summed E-state index contributed by atoms with van der Waals surface area (Å²) in [7, 11) is -6.82. The summed E-state index contributed by atoms with van der Waals surface area (Å²) >= 11 is 0. The molecule has 0 radical (unpaired) electrons. The first kappa shape index (κ1) is 30.7. The third kappa shape index (κ3) is 6.76. The quantitative estimate of drug-likeness (QED) is 0.257. The summed E-state index contributed by atoms with van der Waals surface area (Å²) in [5, 5.41) is 11.7. The number of amides is 1. The highest BCUT2D eigenvalue weighted by Crippen LogP contribution is 2.28. The van der Waals surface area contributed by atoms with E-state index in [-0.39, 0.29) is 23.5 Å². The van der Waals surface area contributed by atoms with Gasteiger partial charge in [-0.05, 0) is 88.1 Å². The number of sulfone groups is 1. The van der Waals surface area contributed by atoms with Crippen LogP contribution in [0.4, 0.5) is 5.69 Å². The fraction of sp³-hybridized carbons (Fsp3) is 0.355. The highest BCUT2D eigenvalue weighted by molar-refractivity contribution is 7.91. The number of aromatic nitrogens is 2. The molecule has 0 aliphatic carbocycles. The van der Waals surface area contributed by atoms with E-state index in [1.807, 2.05) is 65.0 Å². The fourth-order valence-electron chi connectivity index (χ4n) is 5.79. The van der Waals surface area contributed by atoms with Gasteiger partial charge in [-0.1, -0.05) is 23.8 Å². The van der Waals surface area contributed by atoms with Gasteiger partial charge in [0.25, 0.3) is 5.91 Å². The lowest BCUT2D eigenvalue weighted by Crippen LogP contribution is -2.38. The molecule has 1 aliphatic heterocycles. The summed E-state index contributed by atoms with van der Waals surface area (Å²) in [6.07, 6.45) is 2.15. The number of nitrogens with one attached hydrogen (secondary N) is 3. The fourth-order valence-corrected chi connectivity index (χ4v) is 9.16. The summed E-state index contributed by atoms with van der Waals surface area (Å²) in [6.45, 7) is 9.70. The van der Waals surface area contributed by atoms with Crippen LogP contribution in [0.1, 0.15) is 46.0 Å². The molecule has 1 aliphatic rings. The summed E-state index contributed by atoms with van der Waals surface area (Å²) < 4.78 is 54.6. The van der Waals surface area contributed by atoms with Crippen LogP contribution < -0.4 is 15.4 Å². The average molecular weight is 624 g/mol. The molecule has 0 saturated carbocycles. The summed E-state index contributed by atoms with van der Waals surface area (Å²) in [5.74, 6) is -0.279. The Hall–Kier alpha value is -3.74. The predicted octanol–water partition coefficient (Wildman–Crippen LogP) is 3.95. The standard InChI is InChI=1S/C31H37N5O5S2/c1-19-11-21(3)30(22(4)12-19)43(40,41)35-23(5)16-32-28-13-20(2)14-29-27(28)17-33-36(29)26-8-6-7-24(15-26)31(37)34-25-9-10-42(38,39)18-25/h6-8,11-15,17,23,25,32,35H,9-10,16,18H2,1-5H3,(H,34,37)/t23-,25?/m0/s1. The molecule has 2 heterocycles. The molecule has 2 atom stereocenters. The SMILES string of the molecule is Cc1cc(C)c(S(=O)(=O)N[C@@H](C)CNc2cc(C)cc3c2cnn3-c2cccc(C(=O)NC3CCS(=O)(=O)C3)c2)c(C)c1. The van der Waals surface area contributed by atoms with Crippen LogP contribution in [0, 0.1) is 27.7 Å². The molecular formula is C31H37N5O5S2. The van der Waals surface area contributed by atoms with E-state index in [4.69, 9.17) is 0 Å². The third-order valence-electron chi connectivity index (χ3n) is 7.58. The average Bonchev–Trinajstić information content (AvgIpc) is 3.48. The summed E-state index contributed by atoms with van der Waals surface area (Å²) in [5.41, 5.74) is 6.15. The maximum absolute atomic E-state index is 13.2. The first-order valence-corrected chi connectivity index (χ1v) is 17.5. The first-order chi connectivity index (χ1) is 20.2. The van der Waals surface area contributed by atoms with Gasteiger partial charge in [-0.15, -0.1) is 0 Å². The smallest absolute Gasteiger partial charge is 0.251 e. The highest BCUT2D eigenvalue weighted by Gasteiger charge is 2.29. The second-order valence-corrected chi connectivity index (χ2v) is 15.4. The molecule has 0 bridgehead atoms. The van der Waals surface area contributed by atoms with Gasteiger partial charge < -0.3 is 10.6 Å². The Bertz CT molecular complexity index is 1910. The number of hydrogen-bond donors (Lipinski definition) is 3. The van der Waals surface area contributed by atoms with Crippen LogP contribution in [-0.4, -0.2) is 62.7 Å². The normalized spacial score (nSPS) is 17.2. The number of anilines is 1. The second-order valence-electron chi connectivity index (χ2n) is 11.6. The Labute approximate surface area is 252 Å². The van der Waals surface area contributed by atoms with Gasteiger partial charge >= 0.3 is 0 Å². The maximum atomic E-state index is 13.2. The lowest BCUT2D eigenvalue weighted by molar-refractivity contribution is 0.0941. The molecule has 1 amide bonds. The topological polar surface area (TPSA) is 139 Å². The van der Waals surface area contributed by atoms with Crippen molar-refractivity contribution in [3.8, 4) is 5.69 Å². The predicted molar refractivity (Wildman–Crippen MR) is 169 cm³/mol. The lowest BCUT2D eigenvalue weighted by atomic mass is 10.1. The molecular weight excluding hydrogens is 587 g/mol. The molecule has 1 fully saturated rings. The monoisotopic (exact) mass is 623 g/mol. The number of benzene rings is 3. The van der Waals surface area contributed by atoms with Crippen LogP contribution in [0.3, 0.4) is 0 Å². The Morgan fingerprint density at radius 2 is 1.74 bits per heavy atom. The molecule has 12 heteroatoms. The molecule has 1 aromatic heterocycles. The van der Waals surface area contributed by atoms with Gasteiger partial charge in [-0.25, -0.2) is 26.2 Å². The summed E-state index contributed by atoms with van der Waals surface area (Å²) in [4.78, 5) is 13.2. The van der Waals surface area contributed by atoms with Crippen molar-refractivity contribution >= 4 is 42.4 Å². The van der Waals surface area contributed by atoms with Gasteiger partial charge in [0, 0.05) is 35.3 Å². The molecule has 0 spiro atoms. The minimum atomic E-state index is -3.72. The van der Waals surface area contributed by atoms with Crippen LogP contribution in [0.2, 0.25) is 0 Å². The summed E-state index contributed by atoms with van der Waals surface area (Å²) in [6, 6.07) is 14.0. The van der Waals surface area contributed by atoms with E-state index in [1.165, 1.54) is 0 Å². The van der Waals surface area contributed by atoms with Crippen molar-refractivity contribution in [2.75, 3.05) is 23.4 Å². The third-order valence-corrected chi connectivity index (χ3v) is 11.2. The van der Waals surface area contributed by atoms with Gasteiger partial charge in [0.05, 0.1) is 33.8 Å². The van der Waals surface area contributed by atoms with E-state index in [0.717, 1.165) is 27.7 Å². The number of carbonyl (C=O) groups is 1. The van der Waals surface area contributed by atoms with Crippen molar-refractivity contribution < 1.29 is 21.6 Å². The van der Waals surface area contributed by atoms with Gasteiger partial charge in [-0.3, -0.25) is 4.79 Å². The molecule has 3 N–H and O–H groups in total. The van der Waals surface area contributed by atoms with Gasteiger partial charge in [0.15, 0.2) is 9.84 Å².